The number of carbonyl (C=O) groups is 1. The molecule has 0 unspecified atom stereocenters. The van der Waals surface area contributed by atoms with Crippen molar-refractivity contribution in [3.8, 4) is 11.5 Å². The van der Waals surface area contributed by atoms with Gasteiger partial charge in [0.15, 0.2) is 0 Å². The van der Waals surface area contributed by atoms with E-state index >= 15 is 0 Å². The minimum Gasteiger partial charge on any atom is -0.481 e. The maximum atomic E-state index is 13.6. The molecule has 1 N–H and O–H groups in total. The van der Waals surface area contributed by atoms with Gasteiger partial charge >= 0.3 is 5.97 Å². The molecule has 0 saturated carbocycles. The second-order valence-electron chi connectivity index (χ2n) is 6.65. The minimum absolute atomic E-state index is 0.168. The molecule has 0 radical (unpaired) electrons. The Labute approximate surface area is 166 Å². The summed E-state index contributed by atoms with van der Waals surface area (Å²) in [6.45, 7) is 0. The number of aliphatic carboxylic acids is 1. The highest BCUT2D eigenvalue weighted by atomic mass is 19.1. The van der Waals surface area contributed by atoms with E-state index in [0.29, 0.717) is 22.6 Å². The molecule has 0 aliphatic heterocycles. The van der Waals surface area contributed by atoms with E-state index in [1.807, 2.05) is 18.2 Å². The van der Waals surface area contributed by atoms with Gasteiger partial charge in [-0.1, -0.05) is 18.2 Å². The topological polar surface area (TPSA) is 46.5 Å². The lowest BCUT2D eigenvalue weighted by Gasteiger charge is -2.06. The van der Waals surface area contributed by atoms with Gasteiger partial charge in [0.1, 0.15) is 23.1 Å². The summed E-state index contributed by atoms with van der Waals surface area (Å²) in [4.78, 5) is 11.1. The standard InChI is InChI=1S/C24H16F2O3/c25-18-3-8-21(9-4-18)29-20-6-1-15(2-7-20)11-16-12-17(13-24(27)28)23-14-19(26)5-10-22(16)23/h1-12,14H,13H2,(H,27,28)/b16-11-. The first-order valence-corrected chi connectivity index (χ1v) is 8.96. The summed E-state index contributed by atoms with van der Waals surface area (Å²) in [6, 6.07) is 17.4. The van der Waals surface area contributed by atoms with E-state index in [9.17, 15) is 13.6 Å². The largest absolute Gasteiger partial charge is 0.481 e. The van der Waals surface area contributed by atoms with Gasteiger partial charge < -0.3 is 9.84 Å². The van der Waals surface area contributed by atoms with Crippen LogP contribution in [0.1, 0.15) is 23.1 Å². The van der Waals surface area contributed by atoms with Crippen LogP contribution in [0.2, 0.25) is 0 Å². The SMILES string of the molecule is O=C(O)CC1=C/C(=C/c2ccc(Oc3ccc(F)cc3)cc2)c2ccc(F)cc21. The van der Waals surface area contributed by atoms with Crippen LogP contribution in [0.15, 0.2) is 72.8 Å². The van der Waals surface area contributed by atoms with E-state index in [2.05, 4.69) is 0 Å². The highest BCUT2D eigenvalue weighted by Crippen LogP contribution is 2.38. The normalized spacial score (nSPS) is 13.9. The maximum Gasteiger partial charge on any atom is 0.307 e. The van der Waals surface area contributed by atoms with Crippen molar-refractivity contribution < 1.29 is 23.4 Å². The molecule has 0 aromatic heterocycles. The number of halogens is 2. The van der Waals surface area contributed by atoms with Crippen LogP contribution in [0.5, 0.6) is 11.5 Å². The Bertz CT molecular complexity index is 1130. The number of rotatable bonds is 5. The van der Waals surface area contributed by atoms with Gasteiger partial charge in [0.25, 0.3) is 0 Å². The van der Waals surface area contributed by atoms with Gasteiger partial charge in [-0.15, -0.1) is 0 Å². The summed E-state index contributed by atoms with van der Waals surface area (Å²) in [7, 11) is 0. The molecule has 1 aliphatic rings. The van der Waals surface area contributed by atoms with E-state index in [1.54, 1.807) is 36.4 Å². The maximum absolute atomic E-state index is 13.6. The first-order chi connectivity index (χ1) is 14.0. The van der Waals surface area contributed by atoms with Crippen LogP contribution < -0.4 is 4.74 Å². The Morgan fingerprint density at radius 3 is 2.14 bits per heavy atom. The third-order valence-electron chi connectivity index (χ3n) is 4.56. The molecular formula is C24H16F2O3. The average molecular weight is 390 g/mol. The van der Waals surface area contributed by atoms with Crippen molar-refractivity contribution >= 4 is 23.2 Å². The number of carboxylic acid groups (broad SMARTS) is 1. The fraction of sp³-hybridized carbons (Fsp3) is 0.0417. The second kappa shape index (κ2) is 7.72. The summed E-state index contributed by atoms with van der Waals surface area (Å²) in [5.41, 5.74) is 3.69. The van der Waals surface area contributed by atoms with E-state index < -0.39 is 11.8 Å². The van der Waals surface area contributed by atoms with Gasteiger partial charge in [-0.25, -0.2) is 8.78 Å². The first kappa shape index (κ1) is 18.6. The Morgan fingerprint density at radius 1 is 0.862 bits per heavy atom. The molecule has 0 saturated heterocycles. The van der Waals surface area contributed by atoms with Crippen molar-refractivity contribution in [3.63, 3.8) is 0 Å². The molecule has 0 fully saturated rings. The van der Waals surface area contributed by atoms with E-state index in [0.717, 1.165) is 16.7 Å². The van der Waals surface area contributed by atoms with E-state index in [1.165, 1.54) is 24.3 Å². The quantitative estimate of drug-likeness (QED) is 0.567. The average Bonchev–Trinajstić information content (AvgIpc) is 3.01. The first-order valence-electron chi connectivity index (χ1n) is 8.96. The number of fused-ring (bicyclic) bond motifs is 1. The Kier molecular flexibility index (Phi) is 4.96. The van der Waals surface area contributed by atoms with Crippen molar-refractivity contribution in [1.29, 1.82) is 0 Å². The van der Waals surface area contributed by atoms with Gasteiger partial charge in [-0.3, -0.25) is 4.79 Å². The van der Waals surface area contributed by atoms with Crippen molar-refractivity contribution in [2.45, 2.75) is 6.42 Å². The number of benzene rings is 3. The number of allylic oxidation sites excluding steroid dienone is 2. The Hall–Kier alpha value is -3.73. The van der Waals surface area contributed by atoms with Crippen LogP contribution in [-0.4, -0.2) is 11.1 Å². The molecule has 3 aromatic carbocycles. The number of hydrogen-bond donors (Lipinski definition) is 1. The summed E-state index contributed by atoms with van der Waals surface area (Å²) >= 11 is 0. The predicted molar refractivity (Wildman–Crippen MR) is 107 cm³/mol. The summed E-state index contributed by atoms with van der Waals surface area (Å²) in [5.74, 6) is -0.551. The molecular weight excluding hydrogens is 374 g/mol. The number of ether oxygens (including phenoxy) is 1. The zero-order valence-corrected chi connectivity index (χ0v) is 15.2. The lowest BCUT2D eigenvalue weighted by atomic mass is 10.0. The van der Waals surface area contributed by atoms with Crippen LogP contribution in [0.25, 0.3) is 17.2 Å². The summed E-state index contributed by atoms with van der Waals surface area (Å²) in [6.07, 6.45) is 3.52. The van der Waals surface area contributed by atoms with Crippen molar-refractivity contribution in [1.82, 2.24) is 0 Å². The van der Waals surface area contributed by atoms with Gasteiger partial charge in [0.2, 0.25) is 0 Å². The van der Waals surface area contributed by atoms with Crippen LogP contribution in [0.3, 0.4) is 0 Å². The molecule has 3 nitrogen and oxygen atoms in total. The number of carboxylic acids is 1. The zero-order chi connectivity index (χ0) is 20.4. The van der Waals surface area contributed by atoms with Crippen LogP contribution in [0, 0.1) is 11.6 Å². The predicted octanol–water partition coefficient (Wildman–Crippen LogP) is 6.17. The lowest BCUT2D eigenvalue weighted by molar-refractivity contribution is -0.135. The van der Waals surface area contributed by atoms with Crippen molar-refractivity contribution in [3.05, 3.63) is 101 Å². The third kappa shape index (κ3) is 4.24. The fourth-order valence-corrected chi connectivity index (χ4v) is 3.26. The van der Waals surface area contributed by atoms with Crippen molar-refractivity contribution in [2.75, 3.05) is 0 Å². The molecule has 0 amide bonds. The molecule has 144 valence electrons. The van der Waals surface area contributed by atoms with Gasteiger partial charge in [-0.05, 0) is 88.5 Å². The van der Waals surface area contributed by atoms with E-state index in [4.69, 9.17) is 9.84 Å². The molecule has 0 heterocycles. The second-order valence-corrected chi connectivity index (χ2v) is 6.65. The zero-order valence-electron chi connectivity index (χ0n) is 15.2. The highest BCUT2D eigenvalue weighted by molar-refractivity contribution is 6.04. The fourth-order valence-electron chi connectivity index (χ4n) is 3.26. The smallest absolute Gasteiger partial charge is 0.307 e. The molecule has 4 rings (SSSR count). The molecule has 1 aliphatic carbocycles. The molecule has 0 spiro atoms. The van der Waals surface area contributed by atoms with Gasteiger partial charge in [0.05, 0.1) is 6.42 Å². The number of hydrogen-bond acceptors (Lipinski definition) is 2. The lowest BCUT2D eigenvalue weighted by Crippen LogP contribution is -1.96. The minimum atomic E-state index is -0.963. The molecule has 0 atom stereocenters. The van der Waals surface area contributed by atoms with Crippen LogP contribution >= 0.6 is 0 Å². The van der Waals surface area contributed by atoms with Crippen LogP contribution in [-0.2, 0) is 4.79 Å². The van der Waals surface area contributed by atoms with Crippen LogP contribution in [0.4, 0.5) is 8.78 Å². The summed E-state index contributed by atoms with van der Waals surface area (Å²) in [5, 5.41) is 9.12. The van der Waals surface area contributed by atoms with Gasteiger partial charge in [0, 0.05) is 0 Å². The highest BCUT2D eigenvalue weighted by Gasteiger charge is 2.20. The Morgan fingerprint density at radius 2 is 1.48 bits per heavy atom. The summed E-state index contributed by atoms with van der Waals surface area (Å²) < 4.78 is 32.3. The molecule has 5 heteroatoms. The Balaban J connectivity index is 1.59. The van der Waals surface area contributed by atoms with Gasteiger partial charge in [-0.2, -0.15) is 0 Å². The monoisotopic (exact) mass is 390 g/mol. The molecule has 29 heavy (non-hydrogen) atoms. The molecule has 3 aromatic rings. The third-order valence-corrected chi connectivity index (χ3v) is 4.56. The van der Waals surface area contributed by atoms with Crippen molar-refractivity contribution in [2.24, 2.45) is 0 Å². The van der Waals surface area contributed by atoms with E-state index in [-0.39, 0.29) is 12.2 Å². The molecule has 0 bridgehead atoms.